The normalized spacial score (nSPS) is 0. The van der Waals surface area contributed by atoms with Crippen LogP contribution in [0.15, 0.2) is 0 Å². The van der Waals surface area contributed by atoms with Gasteiger partial charge < -0.3 is 0 Å². The van der Waals surface area contributed by atoms with Gasteiger partial charge in [-0.3, -0.25) is 14.1 Å². The summed E-state index contributed by atoms with van der Waals surface area (Å²) >= 11 is 0. The van der Waals surface area contributed by atoms with E-state index in [-0.39, 0.29) is 51.4 Å². The smallest absolute Gasteiger partial charge is 0 e. The van der Waals surface area contributed by atoms with Crippen molar-refractivity contribution in [3.05, 3.63) is 0 Å². The van der Waals surface area contributed by atoms with Gasteiger partial charge in [-0.05, 0) is 0 Å². The van der Waals surface area contributed by atoms with Gasteiger partial charge in [-0.25, -0.2) is 0 Å². The van der Waals surface area contributed by atoms with E-state index in [1.165, 1.54) is 0 Å². The molecule has 0 aromatic heterocycles. The Morgan fingerprint density at radius 2 is 0.500 bits per heavy atom. The van der Waals surface area contributed by atoms with Crippen LogP contribution in [-0.4, -0.2) is 0 Å². The van der Waals surface area contributed by atoms with Crippen LogP contribution >= 0.6 is 0 Å². The molecule has 0 heterocycles. The molecule has 0 nitrogen and oxygen atoms in total. The Hall–Kier alpha value is 1.04. The maximum Gasteiger partial charge on any atom is 0 e. The summed E-state index contributed by atoms with van der Waals surface area (Å²) in [6, 6.07) is 0. The second kappa shape index (κ2) is 34.6. The molecule has 0 spiro atoms. The van der Waals surface area contributed by atoms with Crippen molar-refractivity contribution in [2.45, 2.75) is 0 Å². The largest absolute Gasteiger partial charge is 0.269 e. The van der Waals surface area contributed by atoms with E-state index in [9.17, 15) is 0 Å². The molecular weight excluding hydrogens is 224 g/mol. The van der Waals surface area contributed by atoms with Gasteiger partial charge in [0.2, 0.25) is 0 Å². The Bertz CT molecular complexity index is 3.25. The molecule has 0 saturated heterocycles. The van der Waals surface area contributed by atoms with E-state index in [2.05, 4.69) is 0 Å². The van der Waals surface area contributed by atoms with Crippen molar-refractivity contribution in [3.63, 3.8) is 0 Å². The average molecular weight is 227 g/mol. The van der Waals surface area contributed by atoms with E-state index >= 15 is 0 Å². The Labute approximate surface area is 51.3 Å². The molecule has 0 saturated carbocycles. The van der Waals surface area contributed by atoms with Crippen LogP contribution < -0.4 is 0 Å². The van der Waals surface area contributed by atoms with Crippen molar-refractivity contribution in [1.82, 2.24) is 0 Å². The predicted octanol–water partition coefficient (Wildman–Crippen LogP) is 0.458. The van der Waals surface area contributed by atoms with Crippen molar-refractivity contribution in [2.24, 2.45) is 0 Å². The van der Waals surface area contributed by atoms with Gasteiger partial charge in [-0.2, -0.15) is 0 Å². The van der Waals surface area contributed by atoms with Crippen LogP contribution in [0.25, 0.3) is 0 Å². The van der Waals surface area contributed by atoms with Crippen LogP contribution in [0.2, 0.25) is 0 Å². The first kappa shape index (κ1) is 76.4. The van der Waals surface area contributed by atoms with Crippen LogP contribution in [0.5, 0.6) is 0 Å². The van der Waals surface area contributed by atoms with E-state index in [0.717, 1.165) is 0 Å². The summed E-state index contributed by atoms with van der Waals surface area (Å²) in [4.78, 5) is 0. The van der Waals surface area contributed by atoms with Gasteiger partial charge in [0, 0.05) is 37.3 Å². The zero-order valence-corrected chi connectivity index (χ0v) is 3.37. The first-order valence-electron chi connectivity index (χ1n) is 0. The summed E-state index contributed by atoms with van der Waals surface area (Å²) in [5.74, 6) is 0. The van der Waals surface area contributed by atoms with Crippen LogP contribution in [0.3, 0.4) is 0 Å². The molecule has 0 rings (SSSR count). The molecule has 0 N–H and O–H groups in total. The van der Waals surface area contributed by atoms with Gasteiger partial charge in [0.1, 0.15) is 0 Å². The molecule has 4 heavy (non-hydrogen) atoms. The topological polar surface area (TPSA) is 0 Å². The molecule has 0 aliphatic rings. The van der Waals surface area contributed by atoms with Crippen molar-refractivity contribution >= 4 is 0 Å². The molecule has 0 amide bonds. The fraction of sp³-hybridized carbons (Fsp3) is 0. The summed E-state index contributed by atoms with van der Waals surface area (Å²) in [6.07, 6.45) is 0. The molecule has 0 fully saturated rings. The monoisotopic (exact) mass is 226 g/mol. The minimum absolute atomic E-state index is 0. The van der Waals surface area contributed by atoms with Crippen LogP contribution in [-0.2, 0) is 0 Å². The van der Waals surface area contributed by atoms with Crippen molar-refractivity contribution in [1.29, 1.82) is 0 Å². The summed E-state index contributed by atoms with van der Waals surface area (Å²) in [5, 5.41) is 0. The molecule has 0 unspecified atom stereocenters. The Kier molecular flexibility index (Phi) is 661. The Morgan fingerprint density at radius 1 is 0.500 bits per heavy atom. The Morgan fingerprint density at radius 3 is 0.500 bits per heavy atom. The van der Waals surface area contributed by atoms with Crippen LogP contribution in [0.4, 0.5) is 14.1 Å². The molecular formula is H3ErF3. The predicted molar refractivity (Wildman–Crippen MR) is 7.51 cm³/mol. The molecule has 0 aliphatic carbocycles. The van der Waals surface area contributed by atoms with Gasteiger partial charge in [0.05, 0.1) is 0 Å². The standard InChI is InChI=1S/Er.3FH/h;3*1H. The van der Waals surface area contributed by atoms with Gasteiger partial charge >= 0.3 is 0 Å². The fourth-order valence-electron chi connectivity index (χ4n) is 0. The Balaban J connectivity index is 0. The minimum atomic E-state index is 0. The molecule has 0 atom stereocenters. The second-order valence-corrected chi connectivity index (χ2v) is 0. The van der Waals surface area contributed by atoms with Crippen molar-refractivity contribution in [2.75, 3.05) is 0 Å². The summed E-state index contributed by atoms with van der Waals surface area (Å²) in [5.41, 5.74) is 0. The van der Waals surface area contributed by atoms with Crippen molar-refractivity contribution < 1.29 is 51.4 Å². The average Bonchev–Trinajstić information content (AvgIpc) is 0. The fourth-order valence-corrected chi connectivity index (χ4v) is 0. The molecule has 0 aliphatic heterocycles. The maximum atomic E-state index is 0. The molecule has 0 radical (unpaired) electrons. The summed E-state index contributed by atoms with van der Waals surface area (Å²) in [6.45, 7) is 0. The van der Waals surface area contributed by atoms with Gasteiger partial charge in [0.25, 0.3) is 0 Å². The van der Waals surface area contributed by atoms with Gasteiger partial charge in [-0.1, -0.05) is 0 Å². The summed E-state index contributed by atoms with van der Waals surface area (Å²) < 4.78 is 0. The van der Waals surface area contributed by atoms with Crippen molar-refractivity contribution in [3.8, 4) is 0 Å². The third-order valence-electron chi connectivity index (χ3n) is 0. The van der Waals surface area contributed by atoms with E-state index in [1.807, 2.05) is 0 Å². The minimum Gasteiger partial charge on any atom is -0.269 e. The molecule has 0 aromatic carbocycles. The molecule has 0 aromatic rings. The zero-order valence-electron chi connectivity index (χ0n) is 1.51. The van der Waals surface area contributed by atoms with E-state index in [0.29, 0.717) is 0 Å². The van der Waals surface area contributed by atoms with Gasteiger partial charge in [-0.15, -0.1) is 0 Å². The second-order valence-electron chi connectivity index (χ2n) is 0. The third-order valence-corrected chi connectivity index (χ3v) is 0. The van der Waals surface area contributed by atoms with Crippen LogP contribution in [0, 0.1) is 37.3 Å². The first-order valence-corrected chi connectivity index (χ1v) is 0. The molecule has 0 bridgehead atoms. The molecule has 4 heteroatoms. The SMILES string of the molecule is F.F.F.[Er]. The zero-order chi connectivity index (χ0) is 0. The quantitative estimate of drug-likeness (QED) is 0.564. The first-order chi connectivity index (χ1) is 0. The van der Waals surface area contributed by atoms with E-state index < -0.39 is 0 Å². The van der Waals surface area contributed by atoms with Crippen LogP contribution in [0.1, 0.15) is 0 Å². The number of hydrogen-bond acceptors (Lipinski definition) is 0. The van der Waals surface area contributed by atoms with Gasteiger partial charge in [0.15, 0.2) is 0 Å². The summed E-state index contributed by atoms with van der Waals surface area (Å²) in [7, 11) is 0. The van der Waals surface area contributed by atoms with E-state index in [4.69, 9.17) is 0 Å². The number of halogens is 3. The molecule has 36 valence electrons. The van der Waals surface area contributed by atoms with E-state index in [1.54, 1.807) is 0 Å². The third kappa shape index (κ3) is 11.7. The maximum absolute atomic E-state index is 0. The number of rotatable bonds is 0. The number of hydrogen-bond donors (Lipinski definition) is 0.